The van der Waals surface area contributed by atoms with E-state index in [4.69, 9.17) is 16.7 Å². The number of nitrogens with zero attached hydrogens (tertiary/aromatic N) is 1. The summed E-state index contributed by atoms with van der Waals surface area (Å²) in [5, 5.41) is 10.3. The first-order chi connectivity index (χ1) is 11.0. The number of carboxylic acids is 1. The minimum atomic E-state index is -1.13. The largest absolute Gasteiger partial charge is 0.481 e. The van der Waals surface area contributed by atoms with Gasteiger partial charge in [0.15, 0.2) is 5.78 Å². The highest BCUT2D eigenvalue weighted by atomic mass is 35.5. The molecule has 1 N–H and O–H groups in total. The van der Waals surface area contributed by atoms with E-state index >= 15 is 0 Å². The van der Waals surface area contributed by atoms with Crippen LogP contribution in [-0.2, 0) is 11.3 Å². The van der Waals surface area contributed by atoms with Crippen LogP contribution >= 0.6 is 11.6 Å². The van der Waals surface area contributed by atoms with Crippen LogP contribution in [0.5, 0.6) is 0 Å². The van der Waals surface area contributed by atoms with Gasteiger partial charge in [-0.15, -0.1) is 0 Å². The van der Waals surface area contributed by atoms with Crippen LogP contribution in [0.15, 0.2) is 54.6 Å². The zero-order valence-corrected chi connectivity index (χ0v) is 13.0. The number of benzene rings is 2. The molecule has 0 radical (unpaired) electrons. The Morgan fingerprint density at radius 1 is 1.04 bits per heavy atom. The Morgan fingerprint density at radius 2 is 1.78 bits per heavy atom. The Hall–Kier alpha value is -2.59. The van der Waals surface area contributed by atoms with Gasteiger partial charge in [0, 0.05) is 22.5 Å². The average molecular weight is 328 g/mol. The maximum absolute atomic E-state index is 12.3. The van der Waals surface area contributed by atoms with Crippen LogP contribution in [0.2, 0.25) is 5.02 Å². The molecule has 0 aliphatic carbocycles. The number of aromatic nitrogens is 1. The van der Waals surface area contributed by atoms with E-state index in [1.165, 1.54) is 0 Å². The second-order valence-electron chi connectivity index (χ2n) is 5.30. The smallest absolute Gasteiger partial charge is 0.311 e. The van der Waals surface area contributed by atoms with E-state index in [9.17, 15) is 9.59 Å². The molecule has 116 valence electrons. The predicted octanol–water partition coefficient (Wildman–Crippen LogP) is 4.00. The highest BCUT2D eigenvalue weighted by molar-refractivity contribution is 6.31. The third kappa shape index (κ3) is 3.27. The van der Waals surface area contributed by atoms with Gasteiger partial charge in [0.2, 0.25) is 0 Å². The summed E-state index contributed by atoms with van der Waals surface area (Å²) in [6.45, 7) is 0.493. The number of carboxylic acid groups (broad SMARTS) is 1. The topological polar surface area (TPSA) is 59.3 Å². The van der Waals surface area contributed by atoms with Crippen molar-refractivity contribution in [3.05, 3.63) is 70.9 Å². The van der Waals surface area contributed by atoms with E-state index in [2.05, 4.69) is 0 Å². The molecule has 4 nitrogen and oxygen atoms in total. The van der Waals surface area contributed by atoms with Crippen molar-refractivity contribution in [1.82, 2.24) is 4.57 Å². The molecule has 0 saturated heterocycles. The SMILES string of the molecule is O=C(O)CC(=O)c1cc2cc(Cl)ccc2n1Cc1ccccc1. The van der Waals surface area contributed by atoms with Crippen LogP contribution in [0.3, 0.4) is 0 Å². The first kappa shape index (κ1) is 15.3. The van der Waals surface area contributed by atoms with E-state index in [0.29, 0.717) is 17.3 Å². The molecular weight excluding hydrogens is 314 g/mol. The van der Waals surface area contributed by atoms with Crippen molar-refractivity contribution < 1.29 is 14.7 Å². The van der Waals surface area contributed by atoms with E-state index in [1.54, 1.807) is 18.2 Å². The molecule has 23 heavy (non-hydrogen) atoms. The molecule has 1 aromatic heterocycles. The number of rotatable bonds is 5. The Morgan fingerprint density at radius 3 is 2.48 bits per heavy atom. The lowest BCUT2D eigenvalue weighted by Crippen LogP contribution is -2.13. The molecule has 0 aliphatic heterocycles. The van der Waals surface area contributed by atoms with Gasteiger partial charge in [0.25, 0.3) is 0 Å². The van der Waals surface area contributed by atoms with Gasteiger partial charge in [0.05, 0.1) is 5.69 Å². The summed E-state index contributed by atoms with van der Waals surface area (Å²) in [7, 11) is 0. The molecule has 0 bridgehead atoms. The fourth-order valence-electron chi connectivity index (χ4n) is 2.64. The molecule has 3 rings (SSSR count). The molecule has 0 atom stereocenters. The minimum absolute atomic E-state index is 0.383. The molecule has 0 saturated carbocycles. The first-order valence-corrected chi connectivity index (χ1v) is 7.50. The fraction of sp³-hybridized carbons (Fsp3) is 0.111. The molecule has 1 heterocycles. The maximum Gasteiger partial charge on any atom is 0.311 e. The number of carbonyl (C=O) groups excluding carboxylic acids is 1. The Bertz CT molecular complexity index is 884. The molecule has 0 spiro atoms. The van der Waals surface area contributed by atoms with Gasteiger partial charge in [-0.3, -0.25) is 9.59 Å². The second kappa shape index (κ2) is 6.26. The molecular formula is C18H14ClNO3. The number of carbonyl (C=O) groups is 2. The number of halogens is 1. The molecule has 0 aliphatic rings. The third-order valence-corrected chi connectivity index (χ3v) is 3.88. The number of aliphatic carboxylic acids is 1. The van der Waals surface area contributed by atoms with Crippen LogP contribution in [0.1, 0.15) is 22.5 Å². The molecule has 3 aromatic rings. The minimum Gasteiger partial charge on any atom is -0.481 e. The normalized spacial score (nSPS) is 10.8. The third-order valence-electron chi connectivity index (χ3n) is 3.64. The van der Waals surface area contributed by atoms with Crippen molar-refractivity contribution in [2.75, 3.05) is 0 Å². The maximum atomic E-state index is 12.3. The van der Waals surface area contributed by atoms with Crippen molar-refractivity contribution in [2.24, 2.45) is 0 Å². The molecule has 0 unspecified atom stereocenters. The van der Waals surface area contributed by atoms with E-state index in [-0.39, 0.29) is 0 Å². The monoisotopic (exact) mass is 327 g/mol. The van der Waals surface area contributed by atoms with Crippen LogP contribution in [0, 0.1) is 0 Å². The van der Waals surface area contributed by atoms with E-state index in [0.717, 1.165) is 16.5 Å². The zero-order valence-electron chi connectivity index (χ0n) is 12.2. The van der Waals surface area contributed by atoms with Crippen LogP contribution in [-0.4, -0.2) is 21.4 Å². The van der Waals surface area contributed by atoms with Crippen molar-refractivity contribution in [1.29, 1.82) is 0 Å². The lowest BCUT2D eigenvalue weighted by Gasteiger charge is -2.10. The number of hydrogen-bond donors (Lipinski definition) is 1. The summed E-state index contributed by atoms with van der Waals surface area (Å²) < 4.78 is 1.84. The Balaban J connectivity index is 2.11. The van der Waals surface area contributed by atoms with Crippen molar-refractivity contribution in [2.45, 2.75) is 13.0 Å². The van der Waals surface area contributed by atoms with Crippen LogP contribution in [0.25, 0.3) is 10.9 Å². The van der Waals surface area contributed by atoms with Gasteiger partial charge in [-0.1, -0.05) is 41.9 Å². The average Bonchev–Trinajstić information content (AvgIpc) is 2.85. The van der Waals surface area contributed by atoms with Crippen molar-refractivity contribution in [3.63, 3.8) is 0 Å². The highest BCUT2D eigenvalue weighted by Crippen LogP contribution is 2.25. The number of Topliss-reactive ketones (excluding diaryl/α,β-unsaturated/α-hetero) is 1. The lowest BCUT2D eigenvalue weighted by atomic mass is 10.2. The fourth-order valence-corrected chi connectivity index (χ4v) is 2.82. The molecule has 0 fully saturated rings. The van der Waals surface area contributed by atoms with Gasteiger partial charge in [-0.05, 0) is 29.8 Å². The standard InChI is InChI=1S/C18H14ClNO3/c19-14-6-7-15-13(8-14)9-16(17(21)10-18(22)23)20(15)11-12-4-2-1-3-5-12/h1-9H,10-11H2,(H,22,23). The predicted molar refractivity (Wildman–Crippen MR) is 89.1 cm³/mol. The number of ketones is 1. The van der Waals surface area contributed by atoms with Gasteiger partial charge in [0.1, 0.15) is 6.42 Å². The lowest BCUT2D eigenvalue weighted by molar-refractivity contribution is -0.135. The zero-order chi connectivity index (χ0) is 16.4. The van der Waals surface area contributed by atoms with Gasteiger partial charge >= 0.3 is 5.97 Å². The summed E-state index contributed by atoms with van der Waals surface area (Å²) in [5.41, 5.74) is 2.27. The summed E-state index contributed by atoms with van der Waals surface area (Å²) >= 11 is 6.02. The first-order valence-electron chi connectivity index (χ1n) is 7.12. The summed E-state index contributed by atoms with van der Waals surface area (Å²) in [5.74, 6) is -1.55. The van der Waals surface area contributed by atoms with Crippen molar-refractivity contribution >= 4 is 34.3 Å². The van der Waals surface area contributed by atoms with Crippen LogP contribution in [0.4, 0.5) is 0 Å². The highest BCUT2D eigenvalue weighted by Gasteiger charge is 2.18. The Kier molecular flexibility index (Phi) is 4.17. The van der Waals surface area contributed by atoms with E-state index in [1.807, 2.05) is 41.0 Å². The van der Waals surface area contributed by atoms with Crippen molar-refractivity contribution in [3.8, 4) is 0 Å². The summed E-state index contributed by atoms with van der Waals surface area (Å²) in [4.78, 5) is 23.2. The van der Waals surface area contributed by atoms with Crippen LogP contribution < -0.4 is 0 Å². The Labute approximate surface area is 137 Å². The summed E-state index contributed by atoms with van der Waals surface area (Å²) in [6, 6.07) is 16.8. The van der Waals surface area contributed by atoms with Gasteiger partial charge < -0.3 is 9.67 Å². The quantitative estimate of drug-likeness (QED) is 0.569. The molecule has 0 amide bonds. The van der Waals surface area contributed by atoms with Gasteiger partial charge in [-0.25, -0.2) is 0 Å². The molecule has 5 heteroatoms. The summed E-state index contributed by atoms with van der Waals surface area (Å²) in [6.07, 6.45) is -0.529. The second-order valence-corrected chi connectivity index (χ2v) is 5.73. The number of hydrogen-bond acceptors (Lipinski definition) is 2. The van der Waals surface area contributed by atoms with E-state index < -0.39 is 18.2 Å². The molecule has 2 aromatic carbocycles. The number of fused-ring (bicyclic) bond motifs is 1. The van der Waals surface area contributed by atoms with Gasteiger partial charge in [-0.2, -0.15) is 0 Å².